The van der Waals surface area contributed by atoms with Crippen molar-refractivity contribution >= 4 is 22.4 Å². The van der Waals surface area contributed by atoms with Gasteiger partial charge in [-0.3, -0.25) is 10.1 Å². The molecule has 2 aromatic rings. The van der Waals surface area contributed by atoms with E-state index in [1.165, 1.54) is 11.3 Å². The van der Waals surface area contributed by atoms with Crippen molar-refractivity contribution in [3.63, 3.8) is 0 Å². The summed E-state index contributed by atoms with van der Waals surface area (Å²) in [7, 11) is 0. The van der Waals surface area contributed by atoms with E-state index in [-0.39, 0.29) is 10.5 Å². The molecule has 0 unspecified atom stereocenters. The Balaban J connectivity index is 2.26. The molecule has 0 saturated heterocycles. The minimum Gasteiger partial charge on any atom is -0.298 e. The fraction of sp³-hybridized carbons (Fsp3) is 0.333. The first-order valence-corrected chi connectivity index (χ1v) is 7.44. The Morgan fingerprint density at radius 3 is 2.39 bits per heavy atom. The van der Waals surface area contributed by atoms with Gasteiger partial charge in [-0.05, 0) is 23.6 Å². The minimum absolute atomic E-state index is 0.178. The summed E-state index contributed by atoms with van der Waals surface area (Å²) in [6.07, 6.45) is -3.08. The molecule has 3 nitrogen and oxygen atoms in total. The van der Waals surface area contributed by atoms with Crippen molar-refractivity contribution in [2.24, 2.45) is 0 Å². The summed E-state index contributed by atoms with van der Waals surface area (Å²) in [4.78, 5) is 16.9. The maximum Gasteiger partial charge on any atom is 0.416 e. The van der Waals surface area contributed by atoms with Gasteiger partial charge in [-0.25, -0.2) is 9.37 Å². The van der Waals surface area contributed by atoms with E-state index < -0.39 is 29.0 Å². The monoisotopic (exact) mass is 346 g/mol. The third kappa shape index (κ3) is 4.07. The summed E-state index contributed by atoms with van der Waals surface area (Å²) < 4.78 is 51.6. The molecule has 0 aliphatic heterocycles. The largest absolute Gasteiger partial charge is 0.416 e. The molecular formula is C15H14F4N2OS. The van der Waals surface area contributed by atoms with Crippen LogP contribution in [0.25, 0.3) is 0 Å². The number of halogens is 4. The maximum absolute atomic E-state index is 13.7. The Hall–Kier alpha value is -1.96. The summed E-state index contributed by atoms with van der Waals surface area (Å²) in [6, 6.07) is 1.70. The van der Waals surface area contributed by atoms with E-state index in [0.717, 1.165) is 4.88 Å². The second-order valence-electron chi connectivity index (χ2n) is 5.93. The number of carbonyl (C=O) groups excluding carboxylic acids is 1. The number of rotatable bonds is 2. The first kappa shape index (κ1) is 17.4. The van der Waals surface area contributed by atoms with Crippen molar-refractivity contribution in [2.45, 2.75) is 32.4 Å². The molecular weight excluding hydrogens is 332 g/mol. The standard InChI is InChI=1S/C15H14F4N2OS/c1-14(2,3)11-7-20-13(23-11)21-12(22)9-6-8(15(17,18)19)4-5-10(9)16/h4-7H,1-3H3,(H,20,21,22). The molecule has 1 amide bonds. The molecule has 124 valence electrons. The lowest BCUT2D eigenvalue weighted by Gasteiger charge is -2.14. The van der Waals surface area contributed by atoms with Gasteiger partial charge in [-0.1, -0.05) is 20.8 Å². The number of nitrogens with one attached hydrogen (secondary N) is 1. The average molecular weight is 346 g/mol. The first-order valence-electron chi connectivity index (χ1n) is 6.63. The molecule has 0 spiro atoms. The zero-order valence-corrected chi connectivity index (χ0v) is 13.4. The highest BCUT2D eigenvalue weighted by Crippen LogP contribution is 2.32. The van der Waals surface area contributed by atoms with Crippen LogP contribution in [0.5, 0.6) is 0 Å². The van der Waals surface area contributed by atoms with Gasteiger partial charge in [0.1, 0.15) is 5.82 Å². The zero-order valence-electron chi connectivity index (χ0n) is 12.6. The number of thiazole rings is 1. The van der Waals surface area contributed by atoms with E-state index in [2.05, 4.69) is 10.3 Å². The molecule has 0 atom stereocenters. The smallest absolute Gasteiger partial charge is 0.298 e. The lowest BCUT2D eigenvalue weighted by atomic mass is 9.96. The third-order valence-electron chi connectivity index (χ3n) is 3.00. The third-order valence-corrected chi connectivity index (χ3v) is 4.34. The normalized spacial score (nSPS) is 12.3. The Labute approximate surface area is 134 Å². The zero-order chi connectivity index (χ0) is 17.4. The van der Waals surface area contributed by atoms with E-state index in [0.29, 0.717) is 18.2 Å². The van der Waals surface area contributed by atoms with Crippen LogP contribution in [-0.4, -0.2) is 10.9 Å². The predicted octanol–water partition coefficient (Wildman–Crippen LogP) is 4.85. The number of nitrogens with zero attached hydrogens (tertiary/aromatic N) is 1. The van der Waals surface area contributed by atoms with Gasteiger partial charge in [0.05, 0.1) is 11.1 Å². The average Bonchev–Trinajstić information content (AvgIpc) is 2.86. The van der Waals surface area contributed by atoms with Gasteiger partial charge in [-0.2, -0.15) is 13.2 Å². The fourth-order valence-electron chi connectivity index (χ4n) is 1.72. The molecule has 8 heteroatoms. The van der Waals surface area contributed by atoms with Gasteiger partial charge in [0, 0.05) is 11.1 Å². The van der Waals surface area contributed by atoms with E-state index in [1.54, 1.807) is 6.20 Å². The van der Waals surface area contributed by atoms with Crippen molar-refractivity contribution in [1.82, 2.24) is 4.98 Å². The molecule has 0 bridgehead atoms. The fourth-order valence-corrected chi connectivity index (χ4v) is 2.59. The van der Waals surface area contributed by atoms with Gasteiger partial charge >= 0.3 is 6.18 Å². The highest BCUT2D eigenvalue weighted by molar-refractivity contribution is 7.15. The van der Waals surface area contributed by atoms with Crippen LogP contribution >= 0.6 is 11.3 Å². The van der Waals surface area contributed by atoms with Gasteiger partial charge in [0.15, 0.2) is 5.13 Å². The van der Waals surface area contributed by atoms with Crippen LogP contribution in [0.1, 0.15) is 41.6 Å². The summed E-state index contributed by atoms with van der Waals surface area (Å²) in [6.45, 7) is 5.87. The lowest BCUT2D eigenvalue weighted by molar-refractivity contribution is -0.137. The second-order valence-corrected chi connectivity index (χ2v) is 6.96. The van der Waals surface area contributed by atoms with Crippen molar-refractivity contribution in [2.75, 3.05) is 5.32 Å². The first-order chi connectivity index (χ1) is 10.5. The van der Waals surface area contributed by atoms with Crippen LogP contribution in [0, 0.1) is 5.82 Å². The van der Waals surface area contributed by atoms with Gasteiger partial charge in [0.2, 0.25) is 0 Å². The van der Waals surface area contributed by atoms with E-state index in [4.69, 9.17) is 0 Å². The number of benzene rings is 1. The number of carbonyl (C=O) groups is 1. The number of anilines is 1. The predicted molar refractivity (Wildman–Crippen MR) is 80.2 cm³/mol. The van der Waals surface area contributed by atoms with E-state index in [9.17, 15) is 22.4 Å². The SMILES string of the molecule is CC(C)(C)c1cnc(NC(=O)c2cc(C(F)(F)F)ccc2F)s1. The highest BCUT2D eigenvalue weighted by Gasteiger charge is 2.32. The van der Waals surface area contributed by atoms with Crippen LogP contribution in [-0.2, 0) is 11.6 Å². The topological polar surface area (TPSA) is 42.0 Å². The molecule has 1 aromatic heterocycles. The van der Waals surface area contributed by atoms with E-state index in [1.807, 2.05) is 20.8 Å². The molecule has 0 fully saturated rings. The summed E-state index contributed by atoms with van der Waals surface area (Å²) in [5.41, 5.74) is -1.94. The van der Waals surface area contributed by atoms with Gasteiger partial charge < -0.3 is 0 Å². The van der Waals surface area contributed by atoms with Crippen molar-refractivity contribution in [3.05, 3.63) is 46.2 Å². The van der Waals surface area contributed by atoms with Crippen molar-refractivity contribution in [3.8, 4) is 0 Å². The number of hydrogen-bond acceptors (Lipinski definition) is 3. The number of aromatic nitrogens is 1. The Bertz CT molecular complexity index is 732. The van der Waals surface area contributed by atoms with Crippen LogP contribution in [0.15, 0.2) is 24.4 Å². The van der Waals surface area contributed by atoms with Crippen LogP contribution in [0.2, 0.25) is 0 Å². The number of alkyl halides is 3. The molecule has 0 radical (unpaired) electrons. The molecule has 1 N–H and O–H groups in total. The quantitative estimate of drug-likeness (QED) is 0.790. The van der Waals surface area contributed by atoms with Crippen molar-refractivity contribution in [1.29, 1.82) is 0 Å². The van der Waals surface area contributed by atoms with E-state index >= 15 is 0 Å². The number of hydrogen-bond donors (Lipinski definition) is 1. The van der Waals surface area contributed by atoms with Crippen LogP contribution in [0.4, 0.5) is 22.7 Å². The Morgan fingerprint density at radius 1 is 1.22 bits per heavy atom. The molecule has 0 aliphatic carbocycles. The molecule has 1 aromatic carbocycles. The molecule has 2 rings (SSSR count). The lowest BCUT2D eigenvalue weighted by Crippen LogP contribution is -2.15. The summed E-state index contributed by atoms with van der Waals surface area (Å²) >= 11 is 1.19. The van der Waals surface area contributed by atoms with Crippen LogP contribution < -0.4 is 5.32 Å². The number of amides is 1. The molecule has 1 heterocycles. The highest BCUT2D eigenvalue weighted by atomic mass is 32.1. The summed E-state index contributed by atoms with van der Waals surface area (Å²) in [5, 5.41) is 2.54. The van der Waals surface area contributed by atoms with Crippen LogP contribution in [0.3, 0.4) is 0 Å². The van der Waals surface area contributed by atoms with Crippen molar-refractivity contribution < 1.29 is 22.4 Å². The Morgan fingerprint density at radius 2 is 1.87 bits per heavy atom. The van der Waals surface area contributed by atoms with Gasteiger partial charge in [0.25, 0.3) is 5.91 Å². The molecule has 0 saturated carbocycles. The summed E-state index contributed by atoms with van der Waals surface area (Å²) in [5.74, 6) is -1.99. The molecule has 23 heavy (non-hydrogen) atoms. The Kier molecular flexibility index (Phi) is 4.48. The second kappa shape index (κ2) is 5.92. The minimum atomic E-state index is -4.65. The molecule has 0 aliphatic rings. The van der Waals surface area contributed by atoms with Gasteiger partial charge in [-0.15, -0.1) is 11.3 Å². The maximum atomic E-state index is 13.7.